The SMILES string of the molecule is Cl.c1ccc2c(Nc3ccc(Oc4ccc(Nc5c6ccccc6nc6ccccc56)cc4)cc3)c3ccccc3nc2c1. The number of ether oxygens (including phenoxy) is 1. The Morgan fingerprint density at radius 1 is 0.364 bits per heavy atom. The molecule has 0 aliphatic carbocycles. The van der Waals surface area contributed by atoms with Gasteiger partial charge in [0.1, 0.15) is 11.5 Å². The van der Waals surface area contributed by atoms with Gasteiger partial charge in [-0.15, -0.1) is 12.4 Å². The van der Waals surface area contributed by atoms with Crippen LogP contribution >= 0.6 is 12.4 Å². The normalized spacial score (nSPS) is 11.0. The number of aromatic nitrogens is 2. The quantitative estimate of drug-likeness (QED) is 0.189. The van der Waals surface area contributed by atoms with Crippen LogP contribution in [0.1, 0.15) is 0 Å². The number of nitrogens with one attached hydrogen (secondary N) is 2. The Labute approximate surface area is 260 Å². The van der Waals surface area contributed by atoms with E-state index in [2.05, 4.69) is 34.9 Å². The molecule has 6 aromatic carbocycles. The molecule has 0 saturated heterocycles. The van der Waals surface area contributed by atoms with Gasteiger partial charge in [-0.3, -0.25) is 0 Å². The summed E-state index contributed by atoms with van der Waals surface area (Å²) in [5.74, 6) is 1.53. The van der Waals surface area contributed by atoms with Crippen LogP contribution in [0.15, 0.2) is 146 Å². The van der Waals surface area contributed by atoms with Gasteiger partial charge in [0.2, 0.25) is 0 Å². The fourth-order valence-electron chi connectivity index (χ4n) is 5.59. The van der Waals surface area contributed by atoms with Crippen LogP contribution in [-0.2, 0) is 0 Å². The molecule has 0 radical (unpaired) electrons. The van der Waals surface area contributed by atoms with E-state index in [9.17, 15) is 0 Å². The molecule has 0 amide bonds. The first-order chi connectivity index (χ1) is 21.3. The highest BCUT2D eigenvalue weighted by Crippen LogP contribution is 2.35. The number of anilines is 4. The number of pyridine rings is 2. The molecular weight excluding hydrogens is 564 g/mol. The van der Waals surface area contributed by atoms with E-state index in [1.165, 1.54) is 0 Å². The second-order valence-corrected chi connectivity index (χ2v) is 10.4. The molecule has 0 unspecified atom stereocenters. The predicted octanol–water partition coefficient (Wildman–Crippen LogP) is 10.8. The van der Waals surface area contributed by atoms with Gasteiger partial charge in [0.05, 0.1) is 33.4 Å². The second kappa shape index (κ2) is 11.6. The van der Waals surface area contributed by atoms with Crippen LogP contribution < -0.4 is 15.4 Å². The van der Waals surface area contributed by atoms with Crippen molar-refractivity contribution in [1.29, 1.82) is 0 Å². The summed E-state index contributed by atoms with van der Waals surface area (Å²) < 4.78 is 6.19. The first kappa shape index (κ1) is 27.2. The van der Waals surface area contributed by atoms with Crippen molar-refractivity contribution in [2.75, 3.05) is 10.6 Å². The number of para-hydroxylation sites is 4. The lowest BCUT2D eigenvalue weighted by molar-refractivity contribution is 0.483. The lowest BCUT2D eigenvalue weighted by atomic mass is 10.1. The Bertz CT molecular complexity index is 2000. The third-order valence-corrected chi connectivity index (χ3v) is 7.66. The van der Waals surface area contributed by atoms with Crippen molar-refractivity contribution in [2.24, 2.45) is 0 Å². The number of hydrogen-bond donors (Lipinski definition) is 2. The van der Waals surface area contributed by atoms with Gasteiger partial charge >= 0.3 is 0 Å². The summed E-state index contributed by atoms with van der Waals surface area (Å²) in [6.45, 7) is 0. The Balaban J connectivity index is 0.00000312. The standard InChI is InChI=1S/C38H26N4O.ClH/c1-5-13-33-29(9-1)37(30-10-2-6-14-34(30)41-33)39-25-17-21-27(22-18-25)43-28-23-19-26(20-24-28)40-38-31-11-3-7-15-35(31)42-36-16-8-4-12-32(36)38;/h1-24H,(H,39,41)(H,40,42);1H. The molecule has 5 nitrogen and oxygen atoms in total. The summed E-state index contributed by atoms with van der Waals surface area (Å²) in [5.41, 5.74) is 7.91. The van der Waals surface area contributed by atoms with Crippen molar-refractivity contribution in [2.45, 2.75) is 0 Å². The summed E-state index contributed by atoms with van der Waals surface area (Å²) in [6.07, 6.45) is 0. The summed E-state index contributed by atoms with van der Waals surface area (Å²) in [5, 5.41) is 11.6. The van der Waals surface area contributed by atoms with Crippen molar-refractivity contribution < 1.29 is 4.74 Å². The summed E-state index contributed by atoms with van der Waals surface area (Å²) >= 11 is 0. The molecule has 212 valence electrons. The highest BCUT2D eigenvalue weighted by molar-refractivity contribution is 6.09. The Hall–Kier alpha value is -5.65. The van der Waals surface area contributed by atoms with Gasteiger partial charge in [-0.25, -0.2) is 9.97 Å². The van der Waals surface area contributed by atoms with Gasteiger partial charge in [0.15, 0.2) is 0 Å². The molecule has 2 heterocycles. The van der Waals surface area contributed by atoms with E-state index >= 15 is 0 Å². The van der Waals surface area contributed by atoms with Crippen molar-refractivity contribution in [3.05, 3.63) is 146 Å². The minimum atomic E-state index is 0. The number of benzene rings is 6. The third kappa shape index (κ3) is 5.10. The van der Waals surface area contributed by atoms with E-state index in [1.807, 2.05) is 121 Å². The van der Waals surface area contributed by atoms with Gasteiger partial charge in [0, 0.05) is 32.9 Å². The van der Waals surface area contributed by atoms with Crippen LogP contribution in [-0.4, -0.2) is 9.97 Å². The lowest BCUT2D eigenvalue weighted by Crippen LogP contribution is -1.96. The molecule has 0 saturated carbocycles. The number of hydrogen-bond acceptors (Lipinski definition) is 5. The number of rotatable bonds is 6. The molecular formula is C38H27ClN4O. The summed E-state index contributed by atoms with van der Waals surface area (Å²) in [4.78, 5) is 9.66. The number of fused-ring (bicyclic) bond motifs is 4. The molecule has 2 N–H and O–H groups in total. The van der Waals surface area contributed by atoms with Crippen molar-refractivity contribution in [3.63, 3.8) is 0 Å². The van der Waals surface area contributed by atoms with Crippen LogP contribution in [0, 0.1) is 0 Å². The maximum atomic E-state index is 6.19. The van der Waals surface area contributed by atoms with E-state index in [0.717, 1.165) is 77.9 Å². The molecule has 6 heteroatoms. The summed E-state index contributed by atoms with van der Waals surface area (Å²) in [6, 6.07) is 48.9. The topological polar surface area (TPSA) is 59.1 Å². The molecule has 0 bridgehead atoms. The van der Waals surface area contributed by atoms with Gasteiger partial charge in [-0.2, -0.15) is 0 Å². The van der Waals surface area contributed by atoms with Gasteiger partial charge in [0.25, 0.3) is 0 Å². The smallest absolute Gasteiger partial charge is 0.127 e. The highest BCUT2D eigenvalue weighted by Gasteiger charge is 2.11. The van der Waals surface area contributed by atoms with E-state index in [1.54, 1.807) is 0 Å². The van der Waals surface area contributed by atoms with Gasteiger partial charge < -0.3 is 15.4 Å². The zero-order valence-electron chi connectivity index (χ0n) is 23.6. The second-order valence-electron chi connectivity index (χ2n) is 10.4. The van der Waals surface area contributed by atoms with E-state index in [-0.39, 0.29) is 12.4 Å². The van der Waals surface area contributed by atoms with Crippen LogP contribution in [0.4, 0.5) is 22.7 Å². The largest absolute Gasteiger partial charge is 0.457 e. The molecule has 0 aliphatic heterocycles. The van der Waals surface area contributed by atoms with E-state index in [0.29, 0.717) is 0 Å². The zero-order chi connectivity index (χ0) is 28.6. The molecule has 2 aromatic heterocycles. The number of halogens is 1. The molecule has 0 aliphatic rings. The minimum absolute atomic E-state index is 0. The predicted molar refractivity (Wildman–Crippen MR) is 185 cm³/mol. The van der Waals surface area contributed by atoms with Crippen LogP contribution in [0.5, 0.6) is 11.5 Å². The Morgan fingerprint density at radius 2 is 0.659 bits per heavy atom. The van der Waals surface area contributed by atoms with Crippen molar-refractivity contribution in [1.82, 2.24) is 9.97 Å². The molecule has 8 rings (SSSR count). The lowest BCUT2D eigenvalue weighted by Gasteiger charge is -2.14. The maximum absolute atomic E-state index is 6.19. The molecule has 0 fully saturated rings. The average Bonchev–Trinajstić information content (AvgIpc) is 3.06. The molecule has 0 spiro atoms. The van der Waals surface area contributed by atoms with E-state index < -0.39 is 0 Å². The zero-order valence-corrected chi connectivity index (χ0v) is 24.4. The number of nitrogens with zero attached hydrogens (tertiary/aromatic N) is 2. The molecule has 8 aromatic rings. The van der Waals surface area contributed by atoms with Crippen LogP contribution in [0.2, 0.25) is 0 Å². The first-order valence-electron chi connectivity index (χ1n) is 14.3. The highest BCUT2D eigenvalue weighted by atomic mass is 35.5. The monoisotopic (exact) mass is 590 g/mol. The molecule has 44 heavy (non-hydrogen) atoms. The van der Waals surface area contributed by atoms with Crippen LogP contribution in [0.3, 0.4) is 0 Å². The average molecular weight is 591 g/mol. The first-order valence-corrected chi connectivity index (χ1v) is 14.3. The molecule has 0 atom stereocenters. The van der Waals surface area contributed by atoms with Crippen molar-refractivity contribution >= 4 is 78.8 Å². The third-order valence-electron chi connectivity index (χ3n) is 7.66. The maximum Gasteiger partial charge on any atom is 0.127 e. The Kier molecular flexibility index (Phi) is 7.14. The fraction of sp³-hybridized carbons (Fsp3) is 0. The van der Waals surface area contributed by atoms with Gasteiger partial charge in [-0.1, -0.05) is 72.8 Å². The Morgan fingerprint density at radius 3 is 0.977 bits per heavy atom. The summed E-state index contributed by atoms with van der Waals surface area (Å²) in [7, 11) is 0. The minimum Gasteiger partial charge on any atom is -0.457 e. The van der Waals surface area contributed by atoms with E-state index in [4.69, 9.17) is 14.7 Å². The fourth-order valence-corrected chi connectivity index (χ4v) is 5.59. The van der Waals surface area contributed by atoms with Crippen LogP contribution in [0.25, 0.3) is 43.6 Å². The van der Waals surface area contributed by atoms with Gasteiger partial charge in [-0.05, 0) is 72.8 Å². The van der Waals surface area contributed by atoms with Crippen molar-refractivity contribution in [3.8, 4) is 11.5 Å².